The van der Waals surface area contributed by atoms with E-state index in [2.05, 4.69) is 52.9 Å². The van der Waals surface area contributed by atoms with Crippen molar-refractivity contribution >= 4 is 11.8 Å². The highest BCUT2D eigenvalue weighted by Crippen LogP contribution is 2.26. The van der Waals surface area contributed by atoms with Crippen molar-refractivity contribution in [2.75, 3.05) is 0 Å². The van der Waals surface area contributed by atoms with Crippen molar-refractivity contribution < 1.29 is 4.39 Å². The molecule has 0 N–H and O–H groups in total. The average Bonchev–Trinajstić information content (AvgIpc) is 2.98. The first-order valence-corrected chi connectivity index (χ1v) is 8.53. The minimum atomic E-state index is -0.211. The molecule has 0 aliphatic heterocycles. The first-order valence-electron chi connectivity index (χ1n) is 7.55. The molecule has 0 amide bonds. The third-order valence-electron chi connectivity index (χ3n) is 3.62. The lowest BCUT2D eigenvalue weighted by molar-refractivity contribution is 0.627. The van der Waals surface area contributed by atoms with Crippen LogP contribution in [-0.2, 0) is 12.3 Å². The lowest BCUT2D eigenvalue weighted by atomic mass is 10.1. The Kier molecular flexibility index (Phi) is 4.76. The van der Waals surface area contributed by atoms with Crippen molar-refractivity contribution in [2.24, 2.45) is 0 Å². The molecule has 3 rings (SSSR count). The molecule has 1 aromatic heterocycles. The van der Waals surface area contributed by atoms with Crippen LogP contribution >= 0.6 is 11.8 Å². The zero-order valence-corrected chi connectivity index (χ0v) is 14.0. The number of nitrogens with zero attached hydrogens (tertiary/aromatic N) is 3. The Hall–Kier alpha value is -2.14. The molecule has 0 unspecified atom stereocenters. The van der Waals surface area contributed by atoms with E-state index in [1.165, 1.54) is 17.7 Å². The minimum Gasteiger partial charge on any atom is -0.302 e. The maximum Gasteiger partial charge on any atom is 0.191 e. The van der Waals surface area contributed by atoms with E-state index in [-0.39, 0.29) is 5.82 Å². The molecule has 0 bridgehead atoms. The zero-order valence-electron chi connectivity index (χ0n) is 13.2. The fraction of sp³-hybridized carbons (Fsp3) is 0.222. The smallest absolute Gasteiger partial charge is 0.191 e. The van der Waals surface area contributed by atoms with Gasteiger partial charge in [-0.05, 0) is 31.5 Å². The Morgan fingerprint density at radius 3 is 2.35 bits per heavy atom. The number of hydrogen-bond acceptors (Lipinski definition) is 3. The molecule has 0 aliphatic carbocycles. The Labute approximate surface area is 139 Å². The minimum absolute atomic E-state index is 0.211. The third-order valence-corrected chi connectivity index (χ3v) is 4.66. The molecule has 3 aromatic rings. The second kappa shape index (κ2) is 6.96. The Bertz CT molecular complexity index is 779. The van der Waals surface area contributed by atoms with E-state index < -0.39 is 0 Å². The van der Waals surface area contributed by atoms with E-state index in [0.29, 0.717) is 0 Å². The summed E-state index contributed by atoms with van der Waals surface area (Å²) in [7, 11) is 0. The van der Waals surface area contributed by atoms with Gasteiger partial charge < -0.3 is 4.57 Å². The average molecular weight is 327 g/mol. The number of hydrogen-bond donors (Lipinski definition) is 0. The molecule has 0 aliphatic rings. The molecule has 0 fully saturated rings. The highest BCUT2D eigenvalue weighted by molar-refractivity contribution is 7.98. The number of halogens is 1. The molecule has 0 atom stereocenters. The van der Waals surface area contributed by atoms with Crippen LogP contribution in [0.2, 0.25) is 0 Å². The number of benzene rings is 2. The highest BCUT2D eigenvalue weighted by Gasteiger charge is 2.13. The molecular weight excluding hydrogens is 309 g/mol. The monoisotopic (exact) mass is 327 g/mol. The van der Waals surface area contributed by atoms with Crippen LogP contribution in [-0.4, -0.2) is 14.8 Å². The van der Waals surface area contributed by atoms with Gasteiger partial charge >= 0.3 is 0 Å². The van der Waals surface area contributed by atoms with E-state index in [4.69, 9.17) is 0 Å². The van der Waals surface area contributed by atoms with Gasteiger partial charge in [0.1, 0.15) is 5.82 Å². The Morgan fingerprint density at radius 1 is 1.00 bits per heavy atom. The maximum absolute atomic E-state index is 13.0. The van der Waals surface area contributed by atoms with Crippen LogP contribution in [0.15, 0.2) is 53.7 Å². The molecule has 2 aromatic carbocycles. The first-order chi connectivity index (χ1) is 11.2. The number of thioether (sulfide) groups is 1. The fourth-order valence-corrected chi connectivity index (χ4v) is 3.28. The molecule has 0 spiro atoms. The van der Waals surface area contributed by atoms with Gasteiger partial charge in [-0.1, -0.05) is 53.7 Å². The molecular formula is C18H18FN3S. The van der Waals surface area contributed by atoms with Gasteiger partial charge in [-0.3, -0.25) is 0 Å². The largest absolute Gasteiger partial charge is 0.302 e. The summed E-state index contributed by atoms with van der Waals surface area (Å²) in [6.07, 6.45) is 0. The molecule has 5 heteroatoms. The van der Waals surface area contributed by atoms with E-state index in [0.717, 1.165) is 34.4 Å². The number of aromatic nitrogens is 3. The molecule has 118 valence electrons. The normalized spacial score (nSPS) is 10.9. The van der Waals surface area contributed by atoms with Crippen molar-refractivity contribution in [3.63, 3.8) is 0 Å². The number of aryl methyl sites for hydroxylation is 1. The summed E-state index contributed by atoms with van der Waals surface area (Å²) < 4.78 is 15.1. The lowest BCUT2D eigenvalue weighted by Gasteiger charge is -2.07. The maximum atomic E-state index is 13.0. The van der Waals surface area contributed by atoms with Crippen LogP contribution in [0.5, 0.6) is 0 Å². The molecule has 1 heterocycles. The van der Waals surface area contributed by atoms with Crippen molar-refractivity contribution in [3.05, 3.63) is 65.5 Å². The molecule has 0 saturated carbocycles. The summed E-state index contributed by atoms with van der Waals surface area (Å²) >= 11 is 1.62. The molecule has 23 heavy (non-hydrogen) atoms. The van der Waals surface area contributed by atoms with Crippen molar-refractivity contribution in [1.82, 2.24) is 14.8 Å². The second-order valence-corrected chi connectivity index (χ2v) is 6.27. The van der Waals surface area contributed by atoms with Gasteiger partial charge in [0.25, 0.3) is 0 Å². The highest BCUT2D eigenvalue weighted by atomic mass is 32.2. The van der Waals surface area contributed by atoms with E-state index >= 15 is 0 Å². The van der Waals surface area contributed by atoms with E-state index in [9.17, 15) is 4.39 Å². The van der Waals surface area contributed by atoms with Gasteiger partial charge in [-0.15, -0.1) is 10.2 Å². The second-order valence-electron chi connectivity index (χ2n) is 5.33. The predicted molar refractivity (Wildman–Crippen MR) is 91.8 cm³/mol. The summed E-state index contributed by atoms with van der Waals surface area (Å²) in [6, 6.07) is 14.9. The standard InChI is InChI=1S/C18H18FN3S/c1-3-22-17(15-8-4-13(2)5-9-15)20-21-18(22)23-12-14-6-10-16(19)11-7-14/h4-11H,3,12H2,1-2H3. The van der Waals surface area contributed by atoms with Gasteiger partial charge in [0, 0.05) is 17.9 Å². The summed E-state index contributed by atoms with van der Waals surface area (Å²) in [5.41, 5.74) is 3.36. The van der Waals surface area contributed by atoms with Crippen LogP contribution in [0.25, 0.3) is 11.4 Å². The zero-order chi connectivity index (χ0) is 16.2. The third kappa shape index (κ3) is 3.62. The summed E-state index contributed by atoms with van der Waals surface area (Å²) in [4.78, 5) is 0. The van der Waals surface area contributed by atoms with Crippen LogP contribution in [0, 0.1) is 12.7 Å². The quantitative estimate of drug-likeness (QED) is 0.636. The van der Waals surface area contributed by atoms with Gasteiger partial charge in [0.2, 0.25) is 0 Å². The first kappa shape index (κ1) is 15.7. The van der Waals surface area contributed by atoms with Crippen molar-refractivity contribution in [2.45, 2.75) is 31.3 Å². The van der Waals surface area contributed by atoms with Gasteiger partial charge in [0.05, 0.1) is 0 Å². The van der Waals surface area contributed by atoms with Gasteiger partial charge in [-0.2, -0.15) is 0 Å². The molecule has 3 nitrogen and oxygen atoms in total. The van der Waals surface area contributed by atoms with Crippen LogP contribution < -0.4 is 0 Å². The summed E-state index contributed by atoms with van der Waals surface area (Å²) in [5, 5.41) is 9.55. The van der Waals surface area contributed by atoms with Crippen molar-refractivity contribution in [1.29, 1.82) is 0 Å². The Morgan fingerprint density at radius 2 is 1.70 bits per heavy atom. The van der Waals surface area contributed by atoms with E-state index in [1.807, 2.05) is 0 Å². The lowest BCUT2D eigenvalue weighted by Crippen LogP contribution is -2.00. The SMILES string of the molecule is CCn1c(SCc2ccc(F)cc2)nnc1-c1ccc(C)cc1. The van der Waals surface area contributed by atoms with Crippen LogP contribution in [0.4, 0.5) is 4.39 Å². The van der Waals surface area contributed by atoms with Crippen molar-refractivity contribution in [3.8, 4) is 11.4 Å². The Balaban J connectivity index is 1.80. The molecule has 0 radical (unpaired) electrons. The number of rotatable bonds is 5. The predicted octanol–water partition coefficient (Wildman–Crippen LogP) is 4.70. The molecule has 0 saturated heterocycles. The van der Waals surface area contributed by atoms with Gasteiger partial charge in [0.15, 0.2) is 11.0 Å². The van der Waals surface area contributed by atoms with Gasteiger partial charge in [-0.25, -0.2) is 4.39 Å². The fourth-order valence-electron chi connectivity index (χ4n) is 2.33. The van der Waals surface area contributed by atoms with Crippen LogP contribution in [0.1, 0.15) is 18.1 Å². The van der Waals surface area contributed by atoms with Crippen LogP contribution in [0.3, 0.4) is 0 Å². The topological polar surface area (TPSA) is 30.7 Å². The van der Waals surface area contributed by atoms with E-state index in [1.54, 1.807) is 23.9 Å². The summed E-state index contributed by atoms with van der Waals surface area (Å²) in [5.74, 6) is 1.41. The summed E-state index contributed by atoms with van der Waals surface area (Å²) in [6.45, 7) is 4.96.